The first kappa shape index (κ1) is 30.7. The third-order valence-electron chi connectivity index (χ3n) is 7.60. The van der Waals surface area contributed by atoms with Gasteiger partial charge in [-0.25, -0.2) is 14.6 Å². The number of urea groups is 1. The Morgan fingerprint density at radius 2 is 1.64 bits per heavy atom. The summed E-state index contributed by atoms with van der Waals surface area (Å²) in [6, 6.07) is 20.7. The van der Waals surface area contributed by atoms with Crippen LogP contribution in [-0.4, -0.2) is 56.9 Å². The molecule has 45 heavy (non-hydrogen) atoms. The van der Waals surface area contributed by atoms with Gasteiger partial charge in [0.15, 0.2) is 0 Å². The van der Waals surface area contributed by atoms with Crippen LogP contribution in [0.3, 0.4) is 0 Å². The molecule has 3 aromatic carbocycles. The smallest absolute Gasteiger partial charge is 0.322 e. The van der Waals surface area contributed by atoms with Crippen LogP contribution in [0, 0.1) is 0 Å². The van der Waals surface area contributed by atoms with Crippen molar-refractivity contribution < 1.29 is 4.79 Å². The average Bonchev–Trinajstić information content (AvgIpc) is 3.48. The molecule has 1 fully saturated rings. The van der Waals surface area contributed by atoms with Crippen molar-refractivity contribution in [3.8, 4) is 27.4 Å². The third kappa shape index (κ3) is 6.30. The molecule has 0 radical (unpaired) electrons. The molecular weight excluding hydrogens is 633 g/mol. The number of H-pyrrole nitrogens is 1. The van der Waals surface area contributed by atoms with Gasteiger partial charge in [-0.05, 0) is 43.7 Å². The molecule has 0 saturated carbocycles. The fraction of sp³-hybridized carbons (Fsp3) is 0.219. The van der Waals surface area contributed by atoms with Crippen LogP contribution >= 0.6 is 34.5 Å². The number of aromatic amines is 1. The Bertz CT molecular complexity index is 1980. The number of carbonyl (C=O) groups excluding carboxylic acids is 1. The van der Waals surface area contributed by atoms with E-state index in [1.807, 2.05) is 68.4 Å². The van der Waals surface area contributed by atoms with Gasteiger partial charge in [0.2, 0.25) is 0 Å². The third-order valence-corrected chi connectivity index (χ3v) is 9.62. The number of rotatable bonds is 6. The summed E-state index contributed by atoms with van der Waals surface area (Å²) in [5.41, 5.74) is 2.21. The van der Waals surface area contributed by atoms with Crippen LogP contribution in [-0.2, 0) is 5.41 Å². The van der Waals surface area contributed by atoms with Crippen molar-refractivity contribution >= 4 is 46.3 Å². The molecular formula is C32H29Cl2N7O3S. The van der Waals surface area contributed by atoms with E-state index >= 15 is 0 Å². The van der Waals surface area contributed by atoms with Gasteiger partial charge < -0.3 is 15.5 Å². The highest BCUT2D eigenvalue weighted by Gasteiger charge is 2.34. The summed E-state index contributed by atoms with van der Waals surface area (Å²) < 4.78 is 1.03. The summed E-state index contributed by atoms with van der Waals surface area (Å²) in [4.78, 5) is 46.8. The number of hydrogen-bond acceptors (Lipinski definition) is 7. The Kier molecular flexibility index (Phi) is 8.61. The van der Waals surface area contributed by atoms with Gasteiger partial charge in [-0.2, -0.15) is 9.78 Å². The zero-order valence-electron chi connectivity index (χ0n) is 24.4. The van der Waals surface area contributed by atoms with Crippen molar-refractivity contribution in [2.24, 2.45) is 0 Å². The molecule has 2 aromatic heterocycles. The maximum absolute atomic E-state index is 12.9. The van der Waals surface area contributed by atoms with Crippen LogP contribution < -0.4 is 21.9 Å². The average molecular weight is 663 g/mol. The highest BCUT2D eigenvalue weighted by atomic mass is 35.5. The second-order valence-corrected chi connectivity index (χ2v) is 12.9. The van der Waals surface area contributed by atoms with Crippen molar-refractivity contribution in [3.05, 3.63) is 114 Å². The lowest BCUT2D eigenvalue weighted by molar-refractivity contribution is 0.204. The highest BCUT2D eigenvalue weighted by Crippen LogP contribution is 2.47. The van der Waals surface area contributed by atoms with Crippen LogP contribution in [0.2, 0.25) is 10.0 Å². The number of anilines is 1. The van der Waals surface area contributed by atoms with Crippen LogP contribution in [0.4, 0.5) is 10.5 Å². The van der Waals surface area contributed by atoms with Gasteiger partial charge in [-0.1, -0.05) is 65.7 Å². The van der Waals surface area contributed by atoms with Gasteiger partial charge in [0.05, 0.1) is 16.3 Å². The van der Waals surface area contributed by atoms with Crippen molar-refractivity contribution in [2.75, 3.05) is 31.5 Å². The molecule has 0 atom stereocenters. The first-order chi connectivity index (χ1) is 21.6. The minimum Gasteiger partial charge on any atom is -0.322 e. The van der Waals surface area contributed by atoms with Gasteiger partial charge in [0, 0.05) is 58.5 Å². The maximum atomic E-state index is 12.9. The van der Waals surface area contributed by atoms with E-state index < -0.39 is 16.7 Å². The lowest BCUT2D eigenvalue weighted by atomic mass is 9.85. The maximum Gasteiger partial charge on any atom is 0.349 e. The van der Waals surface area contributed by atoms with Crippen molar-refractivity contribution in [1.82, 2.24) is 30.0 Å². The number of halogens is 2. The van der Waals surface area contributed by atoms with Crippen molar-refractivity contribution in [1.29, 1.82) is 0 Å². The van der Waals surface area contributed by atoms with Crippen LogP contribution in [0.5, 0.6) is 0 Å². The number of benzene rings is 3. The number of thiazole rings is 1. The molecule has 0 aliphatic carbocycles. The van der Waals surface area contributed by atoms with E-state index in [9.17, 15) is 14.4 Å². The molecule has 1 aliphatic rings. The van der Waals surface area contributed by atoms with Gasteiger partial charge in [0.25, 0.3) is 5.56 Å². The first-order valence-corrected chi connectivity index (χ1v) is 15.8. The van der Waals surface area contributed by atoms with E-state index in [2.05, 4.69) is 20.7 Å². The van der Waals surface area contributed by atoms with E-state index in [0.29, 0.717) is 40.1 Å². The number of nitrogens with zero attached hydrogens (tertiary/aromatic N) is 4. The molecule has 1 saturated heterocycles. The Hall–Kier alpha value is -4.29. The zero-order valence-corrected chi connectivity index (χ0v) is 26.8. The van der Waals surface area contributed by atoms with Crippen LogP contribution in [0.25, 0.3) is 27.4 Å². The predicted molar refractivity (Wildman–Crippen MR) is 179 cm³/mol. The first-order valence-electron chi connectivity index (χ1n) is 14.2. The number of nitrogens with one attached hydrogen (secondary N) is 3. The molecule has 0 spiro atoms. The molecule has 0 unspecified atom stereocenters. The molecule has 13 heteroatoms. The molecule has 230 valence electrons. The molecule has 0 bridgehead atoms. The van der Waals surface area contributed by atoms with Crippen LogP contribution in [0.15, 0.2) is 82.5 Å². The molecule has 2 amide bonds. The minimum atomic E-state index is -0.753. The standard InChI is InChI=1S/C32H29Cl2N7O3S/c1-32(2,26-23(33)16-22(17-24(26)34)41-31(44)38-25(42)18-36-41)29-39-27(19-7-4-3-5-8-19)28(45-29)20-9-6-10-21(15-20)37-30(43)40-13-11-35-12-14-40/h3-10,15-18,35H,11-14H2,1-2H3,(H,37,43)(H,38,42,44). The van der Waals surface area contributed by atoms with Gasteiger partial charge >= 0.3 is 11.7 Å². The summed E-state index contributed by atoms with van der Waals surface area (Å²) in [5.74, 6) is 0. The molecule has 10 nitrogen and oxygen atoms in total. The Labute approximate surface area is 272 Å². The second-order valence-electron chi connectivity index (χ2n) is 11.1. The predicted octanol–water partition coefficient (Wildman–Crippen LogP) is 5.78. The summed E-state index contributed by atoms with van der Waals surface area (Å²) in [6.07, 6.45) is 1.01. The van der Waals surface area contributed by atoms with Gasteiger partial charge in [0.1, 0.15) is 11.2 Å². The van der Waals surface area contributed by atoms with Crippen LogP contribution in [0.1, 0.15) is 24.4 Å². The number of aromatic nitrogens is 4. The van der Waals surface area contributed by atoms with E-state index in [1.165, 1.54) is 11.3 Å². The van der Waals surface area contributed by atoms with E-state index in [-0.39, 0.29) is 6.03 Å². The fourth-order valence-corrected chi connectivity index (χ4v) is 7.45. The quantitative estimate of drug-likeness (QED) is 0.212. The Balaban J connectivity index is 1.40. The van der Waals surface area contributed by atoms with E-state index in [4.69, 9.17) is 28.2 Å². The molecule has 3 heterocycles. The lowest BCUT2D eigenvalue weighted by Gasteiger charge is -2.27. The summed E-state index contributed by atoms with van der Waals surface area (Å²) in [6.45, 7) is 6.83. The summed E-state index contributed by atoms with van der Waals surface area (Å²) in [5, 5.41) is 11.6. The topological polar surface area (TPSA) is 125 Å². The largest absolute Gasteiger partial charge is 0.349 e. The number of piperazine rings is 1. The van der Waals surface area contributed by atoms with Crippen molar-refractivity contribution in [2.45, 2.75) is 19.3 Å². The molecule has 1 aliphatic heterocycles. The monoisotopic (exact) mass is 661 g/mol. The van der Waals surface area contributed by atoms with Gasteiger partial charge in [-0.3, -0.25) is 9.78 Å². The Morgan fingerprint density at radius 1 is 0.956 bits per heavy atom. The lowest BCUT2D eigenvalue weighted by Crippen LogP contribution is -2.48. The second kappa shape index (κ2) is 12.6. The van der Waals surface area contributed by atoms with E-state index in [0.717, 1.165) is 50.7 Å². The molecule has 5 aromatic rings. The number of amides is 2. The molecule has 6 rings (SSSR count). The molecule has 3 N–H and O–H groups in total. The Morgan fingerprint density at radius 3 is 2.33 bits per heavy atom. The SMILES string of the molecule is CC(C)(c1nc(-c2ccccc2)c(-c2cccc(NC(=O)N3CCNCC3)c2)s1)c1c(Cl)cc(-n2ncc(=O)[nH]c2=O)cc1Cl. The fourth-order valence-electron chi connectivity index (χ4n) is 5.31. The van der Waals surface area contributed by atoms with Gasteiger partial charge in [-0.15, -0.1) is 11.3 Å². The van der Waals surface area contributed by atoms with Crippen molar-refractivity contribution in [3.63, 3.8) is 0 Å². The number of hydrogen-bond donors (Lipinski definition) is 3. The normalized spacial score (nSPS) is 13.6. The summed E-state index contributed by atoms with van der Waals surface area (Å²) in [7, 11) is 0. The zero-order chi connectivity index (χ0) is 31.7. The number of carbonyl (C=O) groups is 1. The highest BCUT2D eigenvalue weighted by molar-refractivity contribution is 7.16. The van der Waals surface area contributed by atoms with E-state index in [1.54, 1.807) is 17.0 Å². The minimum absolute atomic E-state index is 0.130. The summed E-state index contributed by atoms with van der Waals surface area (Å²) >= 11 is 15.2.